The van der Waals surface area contributed by atoms with E-state index in [-0.39, 0.29) is 83.0 Å². The fourth-order valence-electron chi connectivity index (χ4n) is 6.71. The van der Waals surface area contributed by atoms with Crippen LogP contribution in [0.4, 0.5) is 23.3 Å². The van der Waals surface area contributed by atoms with E-state index in [0.717, 1.165) is 38.5 Å². The maximum atomic E-state index is 13.3. The van der Waals surface area contributed by atoms with Crippen LogP contribution in [-0.2, 0) is 49.3 Å². The minimum Gasteiger partial charge on any atom is -0.462 e. The highest BCUT2D eigenvalue weighted by Crippen LogP contribution is 2.33. The summed E-state index contributed by atoms with van der Waals surface area (Å²) in [6.45, 7) is 26.3. The molecule has 0 radical (unpaired) electrons. The van der Waals surface area contributed by atoms with Crippen LogP contribution in [0, 0.1) is 33.5 Å². The van der Waals surface area contributed by atoms with Gasteiger partial charge in [0, 0.05) is 17.8 Å². The molecule has 0 spiro atoms. The molecule has 3 aromatic rings. The summed E-state index contributed by atoms with van der Waals surface area (Å²) in [5.74, 6) is -2.02. The van der Waals surface area contributed by atoms with E-state index in [4.69, 9.17) is 38.6 Å². The summed E-state index contributed by atoms with van der Waals surface area (Å²) in [5, 5.41) is 6.54. The zero-order valence-electron chi connectivity index (χ0n) is 43.8. The Morgan fingerprint density at radius 3 is 1.39 bits per heavy atom. The van der Waals surface area contributed by atoms with Crippen molar-refractivity contribution in [1.82, 2.24) is 15.0 Å². The number of carbonyl (C=O) groups is 5. The molecule has 1 saturated carbocycles. The number of rotatable bonds is 20. The Balaban J connectivity index is 1.58. The number of nitrogens with zero attached hydrogens (tertiary/aromatic N) is 3. The number of hydrogen-bond donors (Lipinski definition) is 2. The van der Waals surface area contributed by atoms with E-state index in [1.807, 2.05) is 90.0 Å². The van der Waals surface area contributed by atoms with E-state index >= 15 is 0 Å². The molecule has 1 heterocycles. The molecular formula is C55H77N5O10. The smallest absolute Gasteiger partial charge is 0.345 e. The summed E-state index contributed by atoms with van der Waals surface area (Å²) in [6, 6.07) is 13.9. The standard InChI is InChI=1S/C55H77N5O10/c1-14-15-28-66-45(61)39-22-26-41(27-23-39)57-51-59-44(31-38-18-16-36(17-19-38)29-42(46(62)67-32-52(2,3)4)47(63)68-33-53(5,6)7)58-50(60-51)56-40-24-20-37(21-25-40)30-43(48(64)69-34-54(8,9)10)49(65)70-35-55(11,12)13/h20-27,29-30,36,38H,14-19,28,31-35H2,1-13H3,(H2,56,57,58,59,60). The van der Waals surface area contributed by atoms with Crippen LogP contribution >= 0.6 is 0 Å². The highest BCUT2D eigenvalue weighted by atomic mass is 16.6. The summed E-state index contributed by atoms with van der Waals surface area (Å²) in [7, 11) is 0. The van der Waals surface area contributed by atoms with E-state index in [9.17, 15) is 24.0 Å². The Morgan fingerprint density at radius 1 is 0.557 bits per heavy atom. The average Bonchev–Trinajstić information content (AvgIpc) is 3.27. The van der Waals surface area contributed by atoms with Gasteiger partial charge >= 0.3 is 29.8 Å². The summed E-state index contributed by atoms with van der Waals surface area (Å²) in [4.78, 5) is 79.9. The van der Waals surface area contributed by atoms with Crippen LogP contribution in [0.15, 0.2) is 65.8 Å². The van der Waals surface area contributed by atoms with E-state index < -0.39 is 29.8 Å². The molecule has 0 atom stereocenters. The zero-order chi connectivity index (χ0) is 51.9. The summed E-state index contributed by atoms with van der Waals surface area (Å²) >= 11 is 0. The van der Waals surface area contributed by atoms with Crippen LogP contribution in [0.5, 0.6) is 0 Å². The molecule has 2 aromatic carbocycles. The van der Waals surface area contributed by atoms with Crippen molar-refractivity contribution in [1.29, 1.82) is 0 Å². The first-order valence-corrected chi connectivity index (χ1v) is 24.4. The van der Waals surface area contributed by atoms with Gasteiger partial charge in [0.25, 0.3) is 0 Å². The van der Waals surface area contributed by atoms with E-state index in [1.165, 1.54) is 6.08 Å². The summed E-state index contributed by atoms with van der Waals surface area (Å²) in [6.07, 6.45) is 8.47. The molecule has 382 valence electrons. The molecular weight excluding hydrogens is 891 g/mol. The SMILES string of the molecule is CCCCOC(=O)c1ccc(Nc2nc(CC3CCC(C=C(C(=O)OCC(C)(C)C)C(=O)OCC(C)(C)C)CC3)nc(Nc3ccc(C=C(C(=O)OCC(C)(C)C)C(=O)OCC(C)(C)C)cc3)n2)cc1. The third-order valence-electron chi connectivity index (χ3n) is 10.5. The largest absolute Gasteiger partial charge is 0.462 e. The Morgan fingerprint density at radius 2 is 0.971 bits per heavy atom. The number of carbonyl (C=O) groups excluding carboxylic acids is 5. The Kier molecular flexibility index (Phi) is 20.3. The number of unbranched alkanes of at least 4 members (excludes halogenated alkanes) is 1. The molecule has 1 aliphatic carbocycles. The first kappa shape index (κ1) is 56.5. The van der Waals surface area contributed by atoms with Gasteiger partial charge in [0.2, 0.25) is 11.9 Å². The molecule has 1 aliphatic rings. The van der Waals surface area contributed by atoms with Gasteiger partial charge in [0.05, 0.1) is 38.6 Å². The summed E-state index contributed by atoms with van der Waals surface area (Å²) in [5.41, 5.74) is 0.827. The van der Waals surface area contributed by atoms with Gasteiger partial charge in [0.1, 0.15) is 17.0 Å². The van der Waals surface area contributed by atoms with E-state index in [0.29, 0.717) is 41.4 Å². The van der Waals surface area contributed by atoms with Crippen molar-refractivity contribution < 1.29 is 47.7 Å². The lowest BCUT2D eigenvalue weighted by Crippen LogP contribution is -2.27. The van der Waals surface area contributed by atoms with Crippen molar-refractivity contribution in [3.63, 3.8) is 0 Å². The lowest BCUT2D eigenvalue weighted by Gasteiger charge is -2.27. The van der Waals surface area contributed by atoms with Gasteiger partial charge in [0.15, 0.2) is 0 Å². The Hall–Kier alpha value is -6.12. The number of benzene rings is 2. The average molecular weight is 968 g/mol. The minimum absolute atomic E-state index is 0.0347. The van der Waals surface area contributed by atoms with Crippen LogP contribution in [0.2, 0.25) is 0 Å². The number of hydrogen-bond acceptors (Lipinski definition) is 15. The van der Waals surface area contributed by atoms with Crippen molar-refractivity contribution in [2.45, 2.75) is 135 Å². The van der Waals surface area contributed by atoms with Crippen molar-refractivity contribution >= 4 is 59.2 Å². The van der Waals surface area contributed by atoms with Gasteiger partial charge < -0.3 is 34.3 Å². The quantitative estimate of drug-likeness (QED) is 0.0271. The van der Waals surface area contributed by atoms with Gasteiger partial charge in [-0.1, -0.05) is 115 Å². The third-order valence-corrected chi connectivity index (χ3v) is 10.5. The first-order valence-electron chi connectivity index (χ1n) is 24.4. The minimum atomic E-state index is -0.766. The molecule has 0 amide bonds. The molecule has 15 heteroatoms. The highest BCUT2D eigenvalue weighted by Gasteiger charge is 2.30. The predicted molar refractivity (Wildman–Crippen MR) is 271 cm³/mol. The van der Waals surface area contributed by atoms with Crippen LogP contribution in [0.3, 0.4) is 0 Å². The maximum absolute atomic E-state index is 13.3. The van der Waals surface area contributed by atoms with Gasteiger partial charge in [-0.3, -0.25) is 0 Å². The zero-order valence-corrected chi connectivity index (χ0v) is 43.8. The number of aromatic nitrogens is 3. The van der Waals surface area contributed by atoms with E-state index in [2.05, 4.69) is 10.6 Å². The second-order valence-corrected chi connectivity index (χ2v) is 23.0. The van der Waals surface area contributed by atoms with Crippen molar-refractivity contribution in [3.05, 3.63) is 82.7 Å². The predicted octanol–water partition coefficient (Wildman–Crippen LogP) is 11.3. The van der Waals surface area contributed by atoms with Crippen molar-refractivity contribution in [3.8, 4) is 0 Å². The topological polar surface area (TPSA) is 194 Å². The fraction of sp³-hybridized carbons (Fsp3) is 0.564. The van der Waals surface area contributed by atoms with Crippen molar-refractivity contribution in [2.75, 3.05) is 43.7 Å². The molecule has 0 unspecified atom stereocenters. The van der Waals surface area contributed by atoms with Gasteiger partial charge in [-0.05, 0) is 114 Å². The molecule has 2 N–H and O–H groups in total. The number of anilines is 4. The van der Waals surface area contributed by atoms with Crippen LogP contribution in [-0.4, -0.2) is 77.8 Å². The monoisotopic (exact) mass is 968 g/mol. The molecule has 0 aliphatic heterocycles. The third kappa shape index (κ3) is 20.9. The molecule has 4 rings (SSSR count). The molecule has 0 saturated heterocycles. The number of esters is 5. The molecule has 1 fully saturated rings. The van der Waals surface area contributed by atoms with Crippen molar-refractivity contribution in [2.24, 2.45) is 33.5 Å². The lowest BCUT2D eigenvalue weighted by molar-refractivity contribution is -0.151. The van der Waals surface area contributed by atoms with E-state index in [1.54, 1.807) is 54.6 Å². The fourth-order valence-corrected chi connectivity index (χ4v) is 6.71. The molecule has 70 heavy (non-hydrogen) atoms. The number of ether oxygens (including phenoxy) is 5. The molecule has 0 bridgehead atoms. The lowest BCUT2D eigenvalue weighted by atomic mass is 9.79. The Labute approximate surface area is 415 Å². The van der Waals surface area contributed by atoms with Gasteiger partial charge in [-0.2, -0.15) is 15.0 Å². The molecule has 1 aromatic heterocycles. The summed E-state index contributed by atoms with van der Waals surface area (Å²) < 4.78 is 27.6. The van der Waals surface area contributed by atoms with Crippen LogP contribution < -0.4 is 10.6 Å². The van der Waals surface area contributed by atoms with Gasteiger partial charge in [-0.15, -0.1) is 0 Å². The number of nitrogens with one attached hydrogen (secondary N) is 2. The van der Waals surface area contributed by atoms with Crippen LogP contribution in [0.25, 0.3) is 6.08 Å². The maximum Gasteiger partial charge on any atom is 0.345 e. The second-order valence-electron chi connectivity index (χ2n) is 23.0. The normalized spacial score (nSPS) is 15.2. The second kappa shape index (κ2) is 25.1. The molecule has 15 nitrogen and oxygen atoms in total. The number of allylic oxidation sites excluding steroid dienone is 1. The first-order chi connectivity index (χ1) is 32.6. The van der Waals surface area contributed by atoms with Gasteiger partial charge in [-0.25, -0.2) is 24.0 Å². The highest BCUT2D eigenvalue weighted by molar-refractivity contribution is 6.17. The van der Waals surface area contributed by atoms with Crippen LogP contribution in [0.1, 0.15) is 150 Å². The Bertz CT molecular complexity index is 2240.